The van der Waals surface area contributed by atoms with E-state index in [1.807, 2.05) is 42.5 Å². The molecule has 182 valence electrons. The summed E-state index contributed by atoms with van der Waals surface area (Å²) in [6.45, 7) is 11.5. The van der Waals surface area contributed by atoms with E-state index >= 15 is 0 Å². The van der Waals surface area contributed by atoms with Gasteiger partial charge >= 0.3 is 6.09 Å². The Kier molecular flexibility index (Phi) is 9.86. The van der Waals surface area contributed by atoms with Crippen LogP contribution in [0.5, 0.6) is 0 Å². The fourth-order valence-electron chi connectivity index (χ4n) is 3.41. The molecule has 0 radical (unpaired) electrons. The molecule has 7 heteroatoms. The Morgan fingerprint density at radius 1 is 1.00 bits per heavy atom. The van der Waals surface area contributed by atoms with Crippen LogP contribution in [0.2, 0.25) is 0 Å². The van der Waals surface area contributed by atoms with Gasteiger partial charge < -0.3 is 20.3 Å². The number of aryl methyl sites for hydroxylation is 1. The van der Waals surface area contributed by atoms with Gasteiger partial charge in [-0.3, -0.25) is 9.59 Å². The Bertz CT molecular complexity index is 1010. The molecule has 2 rings (SSSR count). The molecule has 0 saturated carbocycles. The van der Waals surface area contributed by atoms with Gasteiger partial charge in [-0.2, -0.15) is 0 Å². The maximum Gasteiger partial charge on any atom is 0.408 e. The number of carbonyl (C=O) groups excluding carboxylic acids is 3. The zero-order chi connectivity index (χ0) is 25.1. The van der Waals surface area contributed by atoms with Gasteiger partial charge in [-0.25, -0.2) is 4.79 Å². The average Bonchev–Trinajstić information content (AvgIpc) is 2.80. The summed E-state index contributed by atoms with van der Waals surface area (Å²) in [6.07, 6.45) is 2.03. The molecule has 0 unspecified atom stereocenters. The first-order valence-electron chi connectivity index (χ1n) is 11.5. The summed E-state index contributed by atoms with van der Waals surface area (Å²) in [5.41, 5.74) is 3.23. The molecule has 0 atom stereocenters. The van der Waals surface area contributed by atoms with E-state index in [1.54, 1.807) is 31.7 Å². The van der Waals surface area contributed by atoms with Crippen LogP contribution in [0.15, 0.2) is 55.1 Å². The molecule has 2 aromatic carbocycles. The monoisotopic (exact) mass is 465 g/mol. The number of nitrogens with zero attached hydrogens (tertiary/aromatic N) is 1. The van der Waals surface area contributed by atoms with E-state index < -0.39 is 17.6 Å². The van der Waals surface area contributed by atoms with Crippen LogP contribution >= 0.6 is 0 Å². The minimum absolute atomic E-state index is 0.109. The molecule has 0 fully saturated rings. The number of hydrogen-bond donors (Lipinski definition) is 2. The maximum absolute atomic E-state index is 13.3. The summed E-state index contributed by atoms with van der Waals surface area (Å²) in [7, 11) is 0. The topological polar surface area (TPSA) is 87.7 Å². The van der Waals surface area contributed by atoms with Gasteiger partial charge in [0, 0.05) is 13.0 Å². The second-order valence-electron chi connectivity index (χ2n) is 8.82. The second kappa shape index (κ2) is 12.6. The van der Waals surface area contributed by atoms with Crippen LogP contribution in [0.25, 0.3) is 6.08 Å². The number of para-hydroxylation sites is 1. The molecule has 0 heterocycles. The molecular formula is C27H35N3O4. The van der Waals surface area contributed by atoms with Gasteiger partial charge in [0.05, 0.1) is 18.8 Å². The Balaban J connectivity index is 2.04. The number of nitrogens with one attached hydrogen (secondary N) is 2. The zero-order valence-corrected chi connectivity index (χ0v) is 20.5. The SMILES string of the molecule is C=Cc1ccccc1N(Cc1ccccc1CC)C(=O)CCNC(=O)CNC(=O)OC(C)(C)C. The highest BCUT2D eigenvalue weighted by atomic mass is 16.6. The fourth-order valence-corrected chi connectivity index (χ4v) is 3.41. The van der Waals surface area contributed by atoms with Crippen molar-refractivity contribution in [2.45, 2.75) is 52.7 Å². The number of alkyl carbamates (subject to hydrolysis) is 1. The van der Waals surface area contributed by atoms with Gasteiger partial charge in [0.1, 0.15) is 5.60 Å². The van der Waals surface area contributed by atoms with E-state index in [4.69, 9.17) is 4.74 Å². The molecule has 0 saturated heterocycles. The Morgan fingerprint density at radius 3 is 2.29 bits per heavy atom. The largest absolute Gasteiger partial charge is 0.444 e. The lowest BCUT2D eigenvalue weighted by Crippen LogP contribution is -2.41. The van der Waals surface area contributed by atoms with Crippen molar-refractivity contribution < 1.29 is 19.1 Å². The van der Waals surface area contributed by atoms with Crippen LogP contribution in [-0.2, 0) is 27.3 Å². The lowest BCUT2D eigenvalue weighted by molar-refractivity contribution is -0.121. The van der Waals surface area contributed by atoms with Gasteiger partial charge in [-0.1, -0.05) is 62.0 Å². The summed E-state index contributed by atoms with van der Waals surface area (Å²) < 4.78 is 5.11. The molecule has 0 aliphatic heterocycles. The van der Waals surface area contributed by atoms with Crippen LogP contribution in [0.1, 0.15) is 50.8 Å². The minimum Gasteiger partial charge on any atom is -0.444 e. The predicted octanol–water partition coefficient (Wildman–Crippen LogP) is 4.46. The molecule has 2 N–H and O–H groups in total. The van der Waals surface area contributed by atoms with Crippen LogP contribution in [0.4, 0.5) is 10.5 Å². The first-order valence-corrected chi connectivity index (χ1v) is 11.5. The fraction of sp³-hybridized carbons (Fsp3) is 0.370. The molecule has 0 aliphatic rings. The van der Waals surface area contributed by atoms with Crippen molar-refractivity contribution >= 4 is 29.7 Å². The third-order valence-electron chi connectivity index (χ3n) is 5.03. The Morgan fingerprint density at radius 2 is 1.65 bits per heavy atom. The summed E-state index contributed by atoms with van der Waals surface area (Å²) in [6, 6.07) is 15.7. The number of carbonyl (C=O) groups is 3. The van der Waals surface area contributed by atoms with Gasteiger partial charge in [0.15, 0.2) is 0 Å². The number of hydrogen-bond acceptors (Lipinski definition) is 4. The predicted molar refractivity (Wildman–Crippen MR) is 135 cm³/mol. The van der Waals surface area contributed by atoms with Crippen molar-refractivity contribution in [1.29, 1.82) is 0 Å². The zero-order valence-electron chi connectivity index (χ0n) is 20.5. The van der Waals surface area contributed by atoms with Crippen LogP contribution < -0.4 is 15.5 Å². The molecule has 3 amide bonds. The third kappa shape index (κ3) is 8.39. The normalized spacial score (nSPS) is 10.8. The molecular weight excluding hydrogens is 430 g/mol. The van der Waals surface area contributed by atoms with Crippen LogP contribution in [0.3, 0.4) is 0 Å². The van der Waals surface area contributed by atoms with Crippen molar-refractivity contribution in [2.75, 3.05) is 18.0 Å². The molecule has 2 aromatic rings. The highest BCUT2D eigenvalue weighted by Gasteiger charge is 2.20. The van der Waals surface area contributed by atoms with Gasteiger partial charge in [0.25, 0.3) is 0 Å². The maximum atomic E-state index is 13.3. The van der Waals surface area contributed by atoms with E-state index in [2.05, 4.69) is 30.2 Å². The number of rotatable bonds is 10. The number of benzene rings is 2. The van der Waals surface area contributed by atoms with Gasteiger partial charge in [0.2, 0.25) is 11.8 Å². The highest BCUT2D eigenvalue weighted by molar-refractivity contribution is 5.95. The highest BCUT2D eigenvalue weighted by Crippen LogP contribution is 2.25. The summed E-state index contributed by atoms with van der Waals surface area (Å²) in [5, 5.41) is 5.08. The van der Waals surface area contributed by atoms with E-state index in [1.165, 1.54) is 5.56 Å². The first kappa shape index (κ1) is 26.6. The van der Waals surface area contributed by atoms with E-state index in [9.17, 15) is 14.4 Å². The summed E-state index contributed by atoms with van der Waals surface area (Å²) >= 11 is 0. The van der Waals surface area contributed by atoms with Crippen molar-refractivity contribution in [3.05, 3.63) is 71.8 Å². The smallest absolute Gasteiger partial charge is 0.408 e. The minimum atomic E-state index is -0.666. The van der Waals surface area contributed by atoms with Crippen molar-refractivity contribution in [3.8, 4) is 0 Å². The van der Waals surface area contributed by atoms with E-state index in [0.717, 1.165) is 23.2 Å². The average molecular weight is 466 g/mol. The first-order chi connectivity index (χ1) is 16.1. The lowest BCUT2D eigenvalue weighted by atomic mass is 10.0. The second-order valence-corrected chi connectivity index (χ2v) is 8.82. The summed E-state index contributed by atoms with van der Waals surface area (Å²) in [4.78, 5) is 38.8. The molecule has 0 spiro atoms. The Labute approximate surface area is 202 Å². The quantitative estimate of drug-likeness (QED) is 0.542. The molecule has 0 bridgehead atoms. The molecule has 0 aliphatic carbocycles. The number of anilines is 1. The number of ether oxygens (including phenoxy) is 1. The lowest BCUT2D eigenvalue weighted by Gasteiger charge is -2.26. The van der Waals surface area contributed by atoms with E-state index in [0.29, 0.717) is 6.54 Å². The molecule has 34 heavy (non-hydrogen) atoms. The third-order valence-corrected chi connectivity index (χ3v) is 5.03. The van der Waals surface area contributed by atoms with Gasteiger partial charge in [-0.15, -0.1) is 0 Å². The molecule has 7 nitrogen and oxygen atoms in total. The van der Waals surface area contributed by atoms with Gasteiger partial charge in [-0.05, 0) is 49.9 Å². The van der Waals surface area contributed by atoms with E-state index in [-0.39, 0.29) is 25.4 Å². The number of amides is 3. The van der Waals surface area contributed by atoms with Crippen LogP contribution in [0, 0.1) is 0 Å². The van der Waals surface area contributed by atoms with Crippen molar-refractivity contribution in [1.82, 2.24) is 10.6 Å². The van der Waals surface area contributed by atoms with Crippen molar-refractivity contribution in [2.24, 2.45) is 0 Å². The van der Waals surface area contributed by atoms with Crippen LogP contribution in [-0.4, -0.2) is 36.6 Å². The van der Waals surface area contributed by atoms with Crippen molar-refractivity contribution in [3.63, 3.8) is 0 Å². The Hall–Kier alpha value is -3.61. The summed E-state index contributed by atoms with van der Waals surface area (Å²) in [5.74, 6) is -0.520. The molecule has 0 aromatic heterocycles. The standard InChI is InChI=1S/C27H35N3O4/c1-6-20-12-8-9-14-22(20)19-30(23-15-11-10-13-21(23)7-2)25(32)16-17-28-24(31)18-29-26(33)34-27(3,4)5/h7-15H,2,6,16-19H2,1,3-5H3,(H,28,31)(H,29,33).